The number of carbonyl (C=O) groups is 1. The quantitative estimate of drug-likeness (QED) is 0.0204. The molecule has 9 N–H and O–H groups in total. The van der Waals surface area contributed by atoms with Crippen molar-refractivity contribution in [1.82, 2.24) is 5.32 Å². The summed E-state index contributed by atoms with van der Waals surface area (Å²) in [5.74, 6) is -0.265. The number of hydrogen-bond acceptors (Lipinski definition) is 13. The zero-order chi connectivity index (χ0) is 56.0. The Morgan fingerprint density at radius 1 is 0.481 bits per heavy atom. The van der Waals surface area contributed by atoms with Crippen molar-refractivity contribution in [1.29, 1.82) is 0 Å². The average molecular weight is 1090 g/mol. The van der Waals surface area contributed by atoms with Gasteiger partial charge in [0.15, 0.2) is 12.6 Å². The summed E-state index contributed by atoms with van der Waals surface area (Å²) in [5.41, 5.74) is 0. The number of allylic oxidation sites excluding steroid dienone is 11. The van der Waals surface area contributed by atoms with Crippen molar-refractivity contribution >= 4 is 5.91 Å². The molecule has 77 heavy (non-hydrogen) atoms. The van der Waals surface area contributed by atoms with Crippen LogP contribution in [-0.2, 0) is 23.7 Å². The van der Waals surface area contributed by atoms with Gasteiger partial charge in [0.2, 0.25) is 5.91 Å². The molecule has 0 aromatic carbocycles. The first-order valence-electron chi connectivity index (χ1n) is 30.7. The van der Waals surface area contributed by atoms with Crippen molar-refractivity contribution < 1.29 is 64.6 Å². The number of amides is 1. The van der Waals surface area contributed by atoms with Crippen molar-refractivity contribution in [2.45, 2.75) is 299 Å². The van der Waals surface area contributed by atoms with E-state index in [-0.39, 0.29) is 18.9 Å². The fourth-order valence-electron chi connectivity index (χ4n) is 9.71. The normalized spacial score (nSPS) is 25.2. The van der Waals surface area contributed by atoms with Gasteiger partial charge in [-0.15, -0.1) is 0 Å². The monoisotopic (exact) mass is 1090 g/mol. The third-order valence-corrected chi connectivity index (χ3v) is 14.6. The number of nitrogens with one attached hydrogen (secondary N) is 1. The number of carbonyl (C=O) groups excluding carboxylic acids is 1. The molecule has 2 aliphatic heterocycles. The van der Waals surface area contributed by atoms with E-state index in [4.69, 9.17) is 18.9 Å². The van der Waals surface area contributed by atoms with Crippen molar-refractivity contribution in [2.24, 2.45) is 0 Å². The molecule has 14 heteroatoms. The molecule has 2 fully saturated rings. The summed E-state index contributed by atoms with van der Waals surface area (Å²) < 4.78 is 22.8. The molecule has 446 valence electrons. The topological polar surface area (TPSA) is 228 Å². The lowest BCUT2D eigenvalue weighted by Crippen LogP contribution is -2.65. The highest BCUT2D eigenvalue weighted by Gasteiger charge is 2.51. The smallest absolute Gasteiger partial charge is 0.220 e. The van der Waals surface area contributed by atoms with E-state index < -0.39 is 86.8 Å². The lowest BCUT2D eigenvalue weighted by atomic mass is 9.97. The number of aliphatic hydroxyl groups is 8. The number of aliphatic hydroxyl groups excluding tert-OH is 8. The van der Waals surface area contributed by atoms with Gasteiger partial charge in [-0.1, -0.05) is 222 Å². The summed E-state index contributed by atoms with van der Waals surface area (Å²) >= 11 is 0. The highest BCUT2D eigenvalue weighted by Crippen LogP contribution is 2.30. The molecule has 0 saturated carbocycles. The van der Waals surface area contributed by atoms with E-state index in [1.54, 1.807) is 6.08 Å². The predicted molar refractivity (Wildman–Crippen MR) is 309 cm³/mol. The van der Waals surface area contributed by atoms with Crippen LogP contribution in [-0.4, -0.2) is 140 Å². The van der Waals surface area contributed by atoms with Crippen LogP contribution in [0.3, 0.4) is 0 Å². The molecule has 0 aliphatic carbocycles. The number of ether oxygens (including phenoxy) is 4. The minimum atomic E-state index is -1.80. The second-order valence-corrected chi connectivity index (χ2v) is 21.4. The molecule has 0 aromatic heterocycles. The Balaban J connectivity index is 1.78. The molecule has 12 atom stereocenters. The minimum absolute atomic E-state index is 0.254. The van der Waals surface area contributed by atoms with Crippen LogP contribution in [0.4, 0.5) is 0 Å². The van der Waals surface area contributed by atoms with Crippen LogP contribution in [0, 0.1) is 0 Å². The highest BCUT2D eigenvalue weighted by molar-refractivity contribution is 5.76. The largest absolute Gasteiger partial charge is 0.394 e. The van der Waals surface area contributed by atoms with Gasteiger partial charge in [0.1, 0.15) is 48.8 Å². The highest BCUT2D eigenvalue weighted by atomic mass is 16.7. The lowest BCUT2D eigenvalue weighted by Gasteiger charge is -2.46. The minimum Gasteiger partial charge on any atom is -0.394 e. The van der Waals surface area contributed by atoms with Gasteiger partial charge in [-0.05, 0) is 70.6 Å². The average Bonchev–Trinajstić information content (AvgIpc) is 3.44. The maximum atomic E-state index is 13.3. The molecule has 0 spiro atoms. The standard InChI is InChI=1S/C63H111NO13/c1-3-5-7-9-11-13-15-17-19-21-23-24-25-26-27-29-30-32-34-36-38-40-42-44-46-52(67)51(64-55(68)47-45-43-41-39-37-35-33-31-28-22-20-18-16-14-12-10-8-6-4-2)50-74-62-60(73)58(71)61(54(49-66)76-62)77-63-59(72)57(70)56(69)53(48-65)75-63/h6,8,12,14,18,20,28,31,36,38,44,46,51-54,56-63,65-67,69-73H,3-5,7,9-11,13,15-17,19,21-27,29-30,32-35,37,39-43,45,47-50H2,1-2H3,(H,64,68)/b8-6-,14-12-,20-18-,31-28-,38-36+,46-44+. The van der Waals surface area contributed by atoms with Gasteiger partial charge in [-0.2, -0.15) is 0 Å². The van der Waals surface area contributed by atoms with E-state index in [9.17, 15) is 45.6 Å². The van der Waals surface area contributed by atoms with Gasteiger partial charge in [0.05, 0.1) is 32.0 Å². The summed E-state index contributed by atoms with van der Waals surface area (Å²) in [4.78, 5) is 13.3. The molecular weight excluding hydrogens is 979 g/mol. The second kappa shape index (κ2) is 48.2. The summed E-state index contributed by atoms with van der Waals surface area (Å²) in [7, 11) is 0. The summed E-state index contributed by atoms with van der Waals surface area (Å²) in [6.07, 6.45) is 46.6. The van der Waals surface area contributed by atoms with Crippen molar-refractivity contribution in [3.8, 4) is 0 Å². The first kappa shape index (κ1) is 70.5. The molecule has 14 nitrogen and oxygen atoms in total. The Hall–Kier alpha value is -2.57. The number of unbranched alkanes of at least 4 members (excludes halogenated alkanes) is 25. The van der Waals surface area contributed by atoms with Crippen LogP contribution < -0.4 is 5.32 Å². The second-order valence-electron chi connectivity index (χ2n) is 21.4. The van der Waals surface area contributed by atoms with Crippen LogP contribution in [0.15, 0.2) is 72.9 Å². The molecular formula is C63H111NO13. The van der Waals surface area contributed by atoms with E-state index in [2.05, 4.69) is 79.9 Å². The van der Waals surface area contributed by atoms with Gasteiger partial charge in [-0.25, -0.2) is 0 Å². The molecule has 2 rings (SSSR count). The Morgan fingerprint density at radius 2 is 0.909 bits per heavy atom. The van der Waals surface area contributed by atoms with E-state index in [0.29, 0.717) is 12.8 Å². The van der Waals surface area contributed by atoms with E-state index in [1.807, 2.05) is 6.08 Å². The lowest BCUT2D eigenvalue weighted by molar-refractivity contribution is -0.359. The van der Waals surface area contributed by atoms with E-state index in [0.717, 1.165) is 77.0 Å². The molecule has 1 amide bonds. The van der Waals surface area contributed by atoms with Gasteiger partial charge >= 0.3 is 0 Å². The third kappa shape index (κ3) is 33.7. The molecule has 0 bridgehead atoms. The van der Waals surface area contributed by atoms with E-state index >= 15 is 0 Å². The van der Waals surface area contributed by atoms with Gasteiger partial charge in [-0.3, -0.25) is 4.79 Å². The van der Waals surface area contributed by atoms with Crippen molar-refractivity contribution in [3.05, 3.63) is 72.9 Å². The van der Waals surface area contributed by atoms with Gasteiger partial charge in [0.25, 0.3) is 0 Å². The number of rotatable bonds is 48. The maximum absolute atomic E-state index is 13.3. The van der Waals surface area contributed by atoms with Gasteiger partial charge in [0, 0.05) is 6.42 Å². The van der Waals surface area contributed by atoms with Crippen LogP contribution in [0.2, 0.25) is 0 Å². The predicted octanol–water partition coefficient (Wildman–Crippen LogP) is 10.7. The number of hydrogen-bond donors (Lipinski definition) is 9. The molecule has 12 unspecified atom stereocenters. The summed E-state index contributed by atoms with van der Waals surface area (Å²) in [6.45, 7) is 2.66. The Kier molecular flexibility index (Phi) is 44.1. The zero-order valence-electron chi connectivity index (χ0n) is 47.9. The van der Waals surface area contributed by atoms with Crippen LogP contribution >= 0.6 is 0 Å². The molecule has 2 saturated heterocycles. The van der Waals surface area contributed by atoms with Crippen molar-refractivity contribution in [2.75, 3.05) is 19.8 Å². The Morgan fingerprint density at radius 3 is 1.43 bits per heavy atom. The zero-order valence-corrected chi connectivity index (χ0v) is 47.9. The molecule has 2 aliphatic rings. The van der Waals surface area contributed by atoms with Gasteiger partial charge < -0.3 is 65.1 Å². The fraction of sp³-hybridized carbons (Fsp3) is 0.794. The van der Waals surface area contributed by atoms with Crippen LogP contribution in [0.1, 0.15) is 226 Å². The summed E-state index contributed by atoms with van der Waals surface area (Å²) in [5, 5.41) is 87.1. The Labute approximate surface area is 466 Å². The maximum Gasteiger partial charge on any atom is 0.220 e. The third-order valence-electron chi connectivity index (χ3n) is 14.6. The summed E-state index contributed by atoms with van der Waals surface area (Å²) in [6, 6.07) is -0.944. The van der Waals surface area contributed by atoms with E-state index in [1.165, 1.54) is 116 Å². The SMILES string of the molecule is CC/C=C\C/C=C\C/C=C\C/C=C\CCCCCCCCC(=O)NC(COC1OC(CO)C(OC2OC(CO)C(O)C(O)C2O)C(O)C1O)C(O)/C=C/CC/C=C/CCCCCCCCCCCCCCCCCCCC. The fourth-order valence-corrected chi connectivity index (χ4v) is 9.71. The first-order chi connectivity index (χ1) is 37.6. The Bertz CT molecular complexity index is 1570. The van der Waals surface area contributed by atoms with Crippen LogP contribution in [0.5, 0.6) is 0 Å². The molecule has 0 aromatic rings. The molecule has 2 heterocycles. The van der Waals surface area contributed by atoms with Crippen molar-refractivity contribution in [3.63, 3.8) is 0 Å². The van der Waals surface area contributed by atoms with Crippen LogP contribution in [0.25, 0.3) is 0 Å². The first-order valence-corrected chi connectivity index (χ1v) is 30.7. The molecule has 0 radical (unpaired) electrons.